The number of nitrogens with zero attached hydrogens (tertiary/aromatic N) is 2. The minimum atomic E-state index is 0. The fraction of sp³-hybridized carbons (Fsp3) is 0.667. The highest BCUT2D eigenvalue weighted by molar-refractivity contribution is 8.93. The van der Waals surface area contributed by atoms with E-state index >= 15 is 0 Å². The maximum Gasteiger partial charge on any atom is 0.114 e. The van der Waals surface area contributed by atoms with Crippen molar-refractivity contribution in [2.24, 2.45) is 5.73 Å². The number of hydrogen-bond acceptors (Lipinski definition) is 2. The van der Waals surface area contributed by atoms with E-state index in [0.717, 1.165) is 12.4 Å². The standard InChI is InChI=1S/C9H17N3.BrH/c1-9(2,3)8-11-5-7-12(8)6-4-10;/h5,7H,4,6,10H2,1-3H3;1H. The van der Waals surface area contributed by atoms with Crippen LogP contribution in [0.15, 0.2) is 12.4 Å². The minimum Gasteiger partial charge on any atom is -0.333 e. The van der Waals surface area contributed by atoms with Gasteiger partial charge in [0.2, 0.25) is 0 Å². The molecule has 0 fully saturated rings. The molecule has 0 saturated carbocycles. The number of imidazole rings is 1. The van der Waals surface area contributed by atoms with E-state index in [0.29, 0.717) is 6.54 Å². The van der Waals surface area contributed by atoms with Crippen molar-refractivity contribution < 1.29 is 0 Å². The SMILES string of the molecule is Br.CC(C)(C)c1nccn1CCN. The Bertz CT molecular complexity index is 250. The smallest absolute Gasteiger partial charge is 0.114 e. The van der Waals surface area contributed by atoms with Crippen LogP contribution in [0.5, 0.6) is 0 Å². The lowest BCUT2D eigenvalue weighted by Gasteiger charge is -2.19. The zero-order chi connectivity index (χ0) is 9.19. The molecule has 0 aliphatic heterocycles. The molecule has 76 valence electrons. The molecule has 0 aromatic carbocycles. The average Bonchev–Trinajstić information content (AvgIpc) is 2.34. The molecule has 0 radical (unpaired) electrons. The lowest BCUT2D eigenvalue weighted by molar-refractivity contribution is 0.500. The molecule has 1 aromatic rings. The average molecular weight is 248 g/mol. The van der Waals surface area contributed by atoms with Crippen LogP contribution >= 0.6 is 17.0 Å². The van der Waals surface area contributed by atoms with E-state index in [1.807, 2.05) is 12.4 Å². The Balaban J connectivity index is 0.00000144. The molecule has 0 saturated heterocycles. The van der Waals surface area contributed by atoms with Gasteiger partial charge in [-0.1, -0.05) is 20.8 Å². The van der Waals surface area contributed by atoms with Gasteiger partial charge in [0.25, 0.3) is 0 Å². The summed E-state index contributed by atoms with van der Waals surface area (Å²) in [5.41, 5.74) is 5.59. The van der Waals surface area contributed by atoms with Crippen molar-refractivity contribution in [1.82, 2.24) is 9.55 Å². The molecule has 1 heterocycles. The van der Waals surface area contributed by atoms with Crippen LogP contribution in [0.3, 0.4) is 0 Å². The van der Waals surface area contributed by atoms with Crippen LogP contribution in [0.25, 0.3) is 0 Å². The third kappa shape index (κ3) is 3.12. The van der Waals surface area contributed by atoms with Gasteiger partial charge in [-0.15, -0.1) is 17.0 Å². The lowest BCUT2D eigenvalue weighted by Crippen LogP contribution is -2.21. The van der Waals surface area contributed by atoms with Crippen molar-refractivity contribution >= 4 is 17.0 Å². The van der Waals surface area contributed by atoms with Gasteiger partial charge in [-0.05, 0) is 0 Å². The zero-order valence-corrected chi connectivity index (χ0v) is 10.2. The molecular formula is C9H18BrN3. The molecule has 0 aliphatic carbocycles. The molecule has 0 atom stereocenters. The summed E-state index contributed by atoms with van der Waals surface area (Å²) >= 11 is 0. The van der Waals surface area contributed by atoms with Gasteiger partial charge < -0.3 is 10.3 Å². The van der Waals surface area contributed by atoms with Gasteiger partial charge in [0.15, 0.2) is 0 Å². The largest absolute Gasteiger partial charge is 0.333 e. The van der Waals surface area contributed by atoms with Crippen molar-refractivity contribution in [3.63, 3.8) is 0 Å². The maximum atomic E-state index is 5.48. The predicted octanol–water partition coefficient (Wildman–Crippen LogP) is 1.72. The van der Waals surface area contributed by atoms with Crippen LogP contribution in [0.4, 0.5) is 0 Å². The van der Waals surface area contributed by atoms with Crippen molar-refractivity contribution in [3.8, 4) is 0 Å². The quantitative estimate of drug-likeness (QED) is 0.866. The van der Waals surface area contributed by atoms with E-state index in [-0.39, 0.29) is 22.4 Å². The van der Waals surface area contributed by atoms with Gasteiger partial charge in [0.1, 0.15) is 5.82 Å². The number of aromatic nitrogens is 2. The van der Waals surface area contributed by atoms with Gasteiger partial charge in [-0.25, -0.2) is 4.98 Å². The molecule has 0 amide bonds. The molecule has 1 rings (SSSR count). The van der Waals surface area contributed by atoms with E-state index in [2.05, 4.69) is 30.3 Å². The highest BCUT2D eigenvalue weighted by Gasteiger charge is 2.18. The Morgan fingerprint density at radius 2 is 2.08 bits per heavy atom. The monoisotopic (exact) mass is 247 g/mol. The second-order valence-corrected chi connectivity index (χ2v) is 3.98. The molecule has 0 spiro atoms. The van der Waals surface area contributed by atoms with Crippen LogP contribution in [0, 0.1) is 0 Å². The summed E-state index contributed by atoms with van der Waals surface area (Å²) in [6, 6.07) is 0. The summed E-state index contributed by atoms with van der Waals surface area (Å²) < 4.78 is 2.11. The van der Waals surface area contributed by atoms with Crippen molar-refractivity contribution in [2.75, 3.05) is 6.54 Å². The fourth-order valence-electron chi connectivity index (χ4n) is 1.27. The Morgan fingerprint density at radius 3 is 2.54 bits per heavy atom. The van der Waals surface area contributed by atoms with Crippen molar-refractivity contribution in [1.29, 1.82) is 0 Å². The fourth-order valence-corrected chi connectivity index (χ4v) is 1.27. The molecular weight excluding hydrogens is 230 g/mol. The van der Waals surface area contributed by atoms with Crippen LogP contribution in [-0.2, 0) is 12.0 Å². The van der Waals surface area contributed by atoms with E-state index < -0.39 is 0 Å². The highest BCUT2D eigenvalue weighted by atomic mass is 79.9. The Kier molecular flexibility index (Phi) is 4.64. The Labute approximate surface area is 90.1 Å². The highest BCUT2D eigenvalue weighted by Crippen LogP contribution is 2.19. The molecule has 0 unspecified atom stereocenters. The summed E-state index contributed by atoms with van der Waals surface area (Å²) in [7, 11) is 0. The topological polar surface area (TPSA) is 43.8 Å². The second kappa shape index (κ2) is 4.77. The number of hydrogen-bond donors (Lipinski definition) is 1. The van der Waals surface area contributed by atoms with Crippen LogP contribution in [0.2, 0.25) is 0 Å². The normalized spacial score (nSPS) is 11.1. The molecule has 3 nitrogen and oxygen atoms in total. The Hall–Kier alpha value is -0.350. The van der Waals surface area contributed by atoms with E-state index in [1.165, 1.54) is 0 Å². The summed E-state index contributed by atoms with van der Waals surface area (Å²) in [5.74, 6) is 1.10. The summed E-state index contributed by atoms with van der Waals surface area (Å²) in [4.78, 5) is 4.31. The third-order valence-electron chi connectivity index (χ3n) is 1.76. The van der Waals surface area contributed by atoms with E-state index in [1.54, 1.807) is 0 Å². The number of halogens is 1. The summed E-state index contributed by atoms with van der Waals surface area (Å²) in [6.45, 7) is 7.99. The predicted molar refractivity (Wildman–Crippen MR) is 60.3 cm³/mol. The van der Waals surface area contributed by atoms with Gasteiger partial charge in [-0.3, -0.25) is 0 Å². The van der Waals surface area contributed by atoms with Gasteiger partial charge in [-0.2, -0.15) is 0 Å². The maximum absolute atomic E-state index is 5.48. The first-order chi connectivity index (χ1) is 5.55. The van der Waals surface area contributed by atoms with Gasteiger partial charge >= 0.3 is 0 Å². The lowest BCUT2D eigenvalue weighted by atomic mass is 9.96. The van der Waals surface area contributed by atoms with E-state index in [4.69, 9.17) is 5.73 Å². The summed E-state index contributed by atoms with van der Waals surface area (Å²) in [6.07, 6.45) is 3.81. The van der Waals surface area contributed by atoms with E-state index in [9.17, 15) is 0 Å². The molecule has 0 bridgehead atoms. The second-order valence-electron chi connectivity index (χ2n) is 3.98. The third-order valence-corrected chi connectivity index (χ3v) is 1.76. The van der Waals surface area contributed by atoms with Gasteiger partial charge in [0, 0.05) is 30.9 Å². The summed E-state index contributed by atoms with van der Waals surface area (Å²) in [5, 5.41) is 0. The minimum absolute atomic E-state index is 0. The number of rotatable bonds is 2. The van der Waals surface area contributed by atoms with Crippen molar-refractivity contribution in [2.45, 2.75) is 32.7 Å². The first kappa shape index (κ1) is 12.7. The van der Waals surface area contributed by atoms with Crippen LogP contribution < -0.4 is 5.73 Å². The zero-order valence-electron chi connectivity index (χ0n) is 8.45. The first-order valence-electron chi connectivity index (χ1n) is 4.27. The molecule has 13 heavy (non-hydrogen) atoms. The molecule has 2 N–H and O–H groups in total. The Morgan fingerprint density at radius 1 is 1.46 bits per heavy atom. The molecule has 4 heteroatoms. The van der Waals surface area contributed by atoms with Crippen LogP contribution in [-0.4, -0.2) is 16.1 Å². The number of nitrogens with two attached hydrogens (primary N) is 1. The van der Waals surface area contributed by atoms with Gasteiger partial charge in [0.05, 0.1) is 0 Å². The first-order valence-corrected chi connectivity index (χ1v) is 4.27. The van der Waals surface area contributed by atoms with Crippen LogP contribution in [0.1, 0.15) is 26.6 Å². The van der Waals surface area contributed by atoms with Crippen molar-refractivity contribution in [3.05, 3.63) is 18.2 Å². The molecule has 0 aliphatic rings. The molecule has 1 aromatic heterocycles.